The Balaban J connectivity index is 2.40. The molecule has 23 heavy (non-hydrogen) atoms. The maximum atomic E-state index is 11.7. The van der Waals surface area contributed by atoms with Crippen molar-refractivity contribution in [2.75, 3.05) is 0 Å². The molecule has 4 unspecified atom stereocenters. The van der Waals surface area contributed by atoms with E-state index in [0.29, 0.717) is 5.92 Å². The Morgan fingerprint density at radius 2 is 1.70 bits per heavy atom. The number of carbonyl (C=O) groups excluding carboxylic acids is 2. The molecule has 0 bridgehead atoms. The fraction of sp³-hybridized carbons (Fsp3) is 0.900. The number of esters is 2. The summed E-state index contributed by atoms with van der Waals surface area (Å²) >= 11 is 0. The van der Waals surface area contributed by atoms with E-state index in [4.69, 9.17) is 0 Å². The van der Waals surface area contributed by atoms with Gasteiger partial charge in [-0.3, -0.25) is 9.59 Å². The second-order valence-corrected chi connectivity index (χ2v) is 8.84. The van der Waals surface area contributed by atoms with E-state index < -0.39 is 0 Å². The first-order chi connectivity index (χ1) is 10.6. The zero-order valence-electron chi connectivity index (χ0n) is 16.0. The molecular weight excluding hydrogens is 288 g/mol. The highest BCUT2D eigenvalue weighted by Gasteiger charge is 2.37. The van der Waals surface area contributed by atoms with Crippen LogP contribution in [0.3, 0.4) is 0 Å². The van der Waals surface area contributed by atoms with Crippen LogP contribution in [0.4, 0.5) is 0 Å². The molecule has 4 atom stereocenters. The SMILES string of the molecule is CCCC(C)CC(C)CC(C)CC(C)(C)CC1CC(=O)OC1=O. The van der Waals surface area contributed by atoms with Gasteiger partial charge in [0.25, 0.3) is 0 Å². The molecule has 3 heteroatoms. The highest BCUT2D eigenvalue weighted by molar-refractivity contribution is 5.94. The predicted octanol–water partition coefficient (Wildman–Crippen LogP) is 5.37. The zero-order valence-corrected chi connectivity index (χ0v) is 16.0. The van der Waals surface area contributed by atoms with Crippen LogP contribution >= 0.6 is 0 Å². The van der Waals surface area contributed by atoms with Crippen molar-refractivity contribution in [3.63, 3.8) is 0 Å². The lowest BCUT2D eigenvalue weighted by molar-refractivity contribution is -0.153. The summed E-state index contributed by atoms with van der Waals surface area (Å²) in [6.45, 7) is 13.7. The van der Waals surface area contributed by atoms with Crippen molar-refractivity contribution in [1.29, 1.82) is 0 Å². The van der Waals surface area contributed by atoms with Crippen LogP contribution in [-0.4, -0.2) is 11.9 Å². The van der Waals surface area contributed by atoms with Gasteiger partial charge < -0.3 is 4.74 Å². The second-order valence-electron chi connectivity index (χ2n) is 8.84. The van der Waals surface area contributed by atoms with Gasteiger partial charge in [0.15, 0.2) is 0 Å². The molecule has 0 amide bonds. The Hall–Kier alpha value is -0.860. The van der Waals surface area contributed by atoms with E-state index in [1.54, 1.807) is 0 Å². The van der Waals surface area contributed by atoms with Crippen LogP contribution in [0.15, 0.2) is 0 Å². The lowest BCUT2D eigenvalue weighted by Crippen LogP contribution is -2.23. The second kappa shape index (κ2) is 8.84. The van der Waals surface area contributed by atoms with E-state index in [2.05, 4.69) is 46.3 Å². The Kier molecular flexibility index (Phi) is 7.76. The van der Waals surface area contributed by atoms with Crippen molar-refractivity contribution in [3.8, 4) is 0 Å². The van der Waals surface area contributed by atoms with Gasteiger partial charge in [-0.05, 0) is 48.9 Å². The third-order valence-electron chi connectivity index (χ3n) is 5.05. The van der Waals surface area contributed by atoms with Crippen molar-refractivity contribution in [3.05, 3.63) is 0 Å². The molecule has 0 spiro atoms. The Labute approximate surface area is 142 Å². The van der Waals surface area contributed by atoms with E-state index >= 15 is 0 Å². The number of hydrogen-bond donors (Lipinski definition) is 0. The first kappa shape index (κ1) is 20.2. The summed E-state index contributed by atoms with van der Waals surface area (Å²) in [5.41, 5.74) is 0.0719. The average molecular weight is 325 g/mol. The third-order valence-corrected chi connectivity index (χ3v) is 5.05. The minimum absolute atomic E-state index is 0.0719. The Bertz CT molecular complexity index is 400. The summed E-state index contributed by atoms with van der Waals surface area (Å²) in [6, 6.07) is 0. The summed E-state index contributed by atoms with van der Waals surface area (Å²) in [5.74, 6) is 1.29. The highest BCUT2D eigenvalue weighted by atomic mass is 16.6. The third kappa shape index (κ3) is 7.50. The normalized spacial score (nSPS) is 22.8. The van der Waals surface area contributed by atoms with Gasteiger partial charge in [0, 0.05) is 0 Å². The zero-order chi connectivity index (χ0) is 17.6. The van der Waals surface area contributed by atoms with Crippen molar-refractivity contribution in [2.45, 2.75) is 86.5 Å². The predicted molar refractivity (Wildman–Crippen MR) is 93.9 cm³/mol. The van der Waals surface area contributed by atoms with E-state index in [0.717, 1.165) is 24.7 Å². The van der Waals surface area contributed by atoms with Crippen LogP contribution in [0, 0.1) is 29.1 Å². The van der Waals surface area contributed by atoms with Crippen molar-refractivity contribution >= 4 is 11.9 Å². The van der Waals surface area contributed by atoms with Gasteiger partial charge >= 0.3 is 11.9 Å². The highest BCUT2D eigenvalue weighted by Crippen LogP contribution is 2.38. The van der Waals surface area contributed by atoms with Crippen LogP contribution in [0.1, 0.15) is 86.5 Å². The number of ether oxygens (including phenoxy) is 1. The van der Waals surface area contributed by atoms with Crippen molar-refractivity contribution in [2.24, 2.45) is 29.1 Å². The number of hydrogen-bond acceptors (Lipinski definition) is 3. The first-order valence-electron chi connectivity index (χ1n) is 9.37. The van der Waals surface area contributed by atoms with E-state index in [-0.39, 0.29) is 29.7 Å². The topological polar surface area (TPSA) is 43.4 Å². The summed E-state index contributed by atoms with van der Waals surface area (Å²) in [4.78, 5) is 22.9. The number of cyclic esters (lactones) is 2. The molecular formula is C20H36O3. The molecule has 0 aliphatic carbocycles. The van der Waals surface area contributed by atoms with Gasteiger partial charge in [0.1, 0.15) is 0 Å². The van der Waals surface area contributed by atoms with E-state index in [1.165, 1.54) is 25.7 Å². The largest absolute Gasteiger partial charge is 0.393 e. The van der Waals surface area contributed by atoms with Gasteiger partial charge in [-0.2, -0.15) is 0 Å². The molecule has 1 saturated heterocycles. The first-order valence-corrected chi connectivity index (χ1v) is 9.37. The Morgan fingerprint density at radius 1 is 1.09 bits per heavy atom. The molecule has 0 saturated carbocycles. The molecule has 1 aliphatic heterocycles. The minimum atomic E-state index is -0.359. The Morgan fingerprint density at radius 3 is 2.22 bits per heavy atom. The summed E-state index contributed by atoms with van der Waals surface area (Å²) in [5, 5.41) is 0. The van der Waals surface area contributed by atoms with Crippen LogP contribution < -0.4 is 0 Å². The monoisotopic (exact) mass is 324 g/mol. The standard InChI is InChI=1S/C20H36O3/c1-7-8-14(2)9-15(3)10-16(4)12-20(5,6)13-17-11-18(21)23-19(17)22/h14-17H,7-13H2,1-6H3. The molecule has 1 heterocycles. The van der Waals surface area contributed by atoms with Crippen molar-refractivity contribution in [1.82, 2.24) is 0 Å². The van der Waals surface area contributed by atoms with Crippen molar-refractivity contribution < 1.29 is 14.3 Å². The molecule has 0 radical (unpaired) electrons. The maximum absolute atomic E-state index is 11.7. The van der Waals surface area contributed by atoms with Gasteiger partial charge in [-0.1, -0.05) is 54.4 Å². The fourth-order valence-electron chi connectivity index (χ4n) is 4.53. The van der Waals surface area contributed by atoms with Crippen LogP contribution in [-0.2, 0) is 14.3 Å². The fourth-order valence-corrected chi connectivity index (χ4v) is 4.53. The molecule has 1 rings (SSSR count). The average Bonchev–Trinajstić information content (AvgIpc) is 2.65. The molecule has 0 aromatic rings. The smallest absolute Gasteiger partial charge is 0.317 e. The molecule has 0 aromatic heterocycles. The summed E-state index contributed by atoms with van der Waals surface area (Å²) in [7, 11) is 0. The molecule has 0 aromatic carbocycles. The summed E-state index contributed by atoms with van der Waals surface area (Å²) in [6.07, 6.45) is 7.25. The minimum Gasteiger partial charge on any atom is -0.393 e. The molecule has 0 N–H and O–H groups in total. The van der Waals surface area contributed by atoms with Crippen LogP contribution in [0.5, 0.6) is 0 Å². The number of carbonyl (C=O) groups is 2. The number of rotatable bonds is 10. The lowest BCUT2D eigenvalue weighted by atomic mass is 9.74. The quantitative estimate of drug-likeness (QED) is 0.401. The lowest BCUT2D eigenvalue weighted by Gasteiger charge is -2.31. The summed E-state index contributed by atoms with van der Waals surface area (Å²) < 4.78 is 4.68. The van der Waals surface area contributed by atoms with Gasteiger partial charge in [0.2, 0.25) is 0 Å². The van der Waals surface area contributed by atoms with E-state index in [9.17, 15) is 9.59 Å². The van der Waals surface area contributed by atoms with E-state index in [1.807, 2.05) is 0 Å². The maximum Gasteiger partial charge on any atom is 0.317 e. The van der Waals surface area contributed by atoms with Gasteiger partial charge in [0.05, 0.1) is 12.3 Å². The molecule has 3 nitrogen and oxygen atoms in total. The van der Waals surface area contributed by atoms with Crippen LogP contribution in [0.25, 0.3) is 0 Å². The van der Waals surface area contributed by atoms with Gasteiger partial charge in [-0.25, -0.2) is 0 Å². The van der Waals surface area contributed by atoms with Gasteiger partial charge in [-0.15, -0.1) is 0 Å². The molecule has 134 valence electrons. The molecule has 1 fully saturated rings. The van der Waals surface area contributed by atoms with Crippen LogP contribution in [0.2, 0.25) is 0 Å². The molecule has 1 aliphatic rings.